The largest absolute Gasteiger partial charge is 0.475 e. The zero-order valence-corrected chi connectivity index (χ0v) is 12.0. The standard InChI is InChI=1S/C14H11F4N3O3/c15-11-8-9(21(22)23)3-4-12(11)19-6-7-24-13-10(14(16,17)18)2-1-5-20-13/h1-5,8,19H,6-7H2. The van der Waals surface area contributed by atoms with Crippen LogP contribution in [0.5, 0.6) is 5.88 Å². The van der Waals surface area contributed by atoms with Crippen LogP contribution in [0.15, 0.2) is 36.5 Å². The summed E-state index contributed by atoms with van der Waals surface area (Å²) in [5.74, 6) is -1.42. The van der Waals surface area contributed by atoms with Crippen LogP contribution in [-0.2, 0) is 6.18 Å². The van der Waals surface area contributed by atoms with Crippen molar-refractivity contribution in [1.82, 2.24) is 4.98 Å². The number of benzene rings is 1. The van der Waals surface area contributed by atoms with Crippen LogP contribution in [-0.4, -0.2) is 23.1 Å². The summed E-state index contributed by atoms with van der Waals surface area (Å²) >= 11 is 0. The van der Waals surface area contributed by atoms with Gasteiger partial charge in [0.15, 0.2) is 5.82 Å². The van der Waals surface area contributed by atoms with Crippen molar-refractivity contribution in [2.45, 2.75) is 6.18 Å². The Morgan fingerprint density at radius 3 is 2.67 bits per heavy atom. The van der Waals surface area contributed by atoms with Crippen molar-refractivity contribution in [3.63, 3.8) is 0 Å². The molecule has 0 radical (unpaired) electrons. The van der Waals surface area contributed by atoms with Crippen molar-refractivity contribution in [1.29, 1.82) is 0 Å². The minimum Gasteiger partial charge on any atom is -0.475 e. The number of pyridine rings is 1. The number of nitrogens with zero attached hydrogens (tertiary/aromatic N) is 2. The number of non-ortho nitro benzene ring substituents is 1. The third-order valence-corrected chi connectivity index (χ3v) is 2.90. The first-order valence-electron chi connectivity index (χ1n) is 6.62. The lowest BCUT2D eigenvalue weighted by Gasteiger charge is -2.13. The zero-order valence-electron chi connectivity index (χ0n) is 12.0. The van der Waals surface area contributed by atoms with E-state index in [-0.39, 0.29) is 18.8 Å². The van der Waals surface area contributed by atoms with E-state index in [1.165, 1.54) is 0 Å². The summed E-state index contributed by atoms with van der Waals surface area (Å²) in [5, 5.41) is 13.1. The third-order valence-electron chi connectivity index (χ3n) is 2.90. The normalized spacial score (nSPS) is 11.2. The monoisotopic (exact) mass is 345 g/mol. The number of hydrogen-bond acceptors (Lipinski definition) is 5. The number of rotatable bonds is 6. The molecule has 0 aliphatic rings. The molecule has 2 aromatic rings. The van der Waals surface area contributed by atoms with Gasteiger partial charge in [-0.1, -0.05) is 0 Å². The lowest BCUT2D eigenvalue weighted by Crippen LogP contribution is -2.16. The number of hydrogen-bond donors (Lipinski definition) is 1. The molecule has 1 N–H and O–H groups in total. The van der Waals surface area contributed by atoms with Crippen molar-refractivity contribution >= 4 is 11.4 Å². The van der Waals surface area contributed by atoms with Crippen LogP contribution in [0.2, 0.25) is 0 Å². The Morgan fingerprint density at radius 2 is 2.04 bits per heavy atom. The van der Waals surface area contributed by atoms with E-state index in [2.05, 4.69) is 10.3 Å². The molecule has 6 nitrogen and oxygen atoms in total. The maximum atomic E-state index is 13.6. The fraction of sp³-hybridized carbons (Fsp3) is 0.214. The fourth-order valence-electron chi connectivity index (χ4n) is 1.82. The highest BCUT2D eigenvalue weighted by Crippen LogP contribution is 2.34. The van der Waals surface area contributed by atoms with Crippen molar-refractivity contribution in [2.75, 3.05) is 18.5 Å². The molecule has 2 rings (SSSR count). The van der Waals surface area contributed by atoms with Gasteiger partial charge in [0.05, 0.1) is 16.7 Å². The van der Waals surface area contributed by atoms with E-state index in [1.807, 2.05) is 0 Å². The molecule has 0 spiro atoms. The van der Waals surface area contributed by atoms with Crippen LogP contribution in [0.25, 0.3) is 0 Å². The number of nitro groups is 1. The summed E-state index contributed by atoms with van der Waals surface area (Å²) < 4.78 is 56.8. The van der Waals surface area contributed by atoms with Gasteiger partial charge in [0, 0.05) is 18.8 Å². The first kappa shape index (κ1) is 17.4. The summed E-state index contributed by atoms with van der Waals surface area (Å²) in [6.45, 7) is -0.237. The predicted molar refractivity (Wildman–Crippen MR) is 76.3 cm³/mol. The van der Waals surface area contributed by atoms with Gasteiger partial charge >= 0.3 is 6.18 Å². The predicted octanol–water partition coefficient (Wildman–Crippen LogP) is 3.64. The van der Waals surface area contributed by atoms with Gasteiger partial charge in [0.1, 0.15) is 12.2 Å². The van der Waals surface area contributed by atoms with E-state index < -0.39 is 34.0 Å². The highest BCUT2D eigenvalue weighted by molar-refractivity contribution is 5.50. The number of halogens is 4. The minimum atomic E-state index is -4.60. The van der Waals surface area contributed by atoms with Crippen molar-refractivity contribution < 1.29 is 27.2 Å². The van der Waals surface area contributed by atoms with E-state index >= 15 is 0 Å². The zero-order chi connectivity index (χ0) is 17.7. The SMILES string of the molecule is O=[N+]([O-])c1ccc(NCCOc2ncccc2C(F)(F)F)c(F)c1. The summed E-state index contributed by atoms with van der Waals surface area (Å²) in [7, 11) is 0. The van der Waals surface area contributed by atoms with Gasteiger partial charge in [-0.05, 0) is 18.2 Å². The number of anilines is 1. The lowest BCUT2D eigenvalue weighted by molar-refractivity contribution is -0.385. The van der Waals surface area contributed by atoms with Crippen LogP contribution in [0.1, 0.15) is 5.56 Å². The molecule has 1 heterocycles. The smallest absolute Gasteiger partial charge is 0.421 e. The summed E-state index contributed by atoms with van der Waals surface area (Å²) in [6.07, 6.45) is -3.44. The molecule has 0 aliphatic heterocycles. The minimum absolute atomic E-state index is 0.0252. The van der Waals surface area contributed by atoms with E-state index in [0.29, 0.717) is 0 Å². The van der Waals surface area contributed by atoms with Gasteiger partial charge in [-0.3, -0.25) is 10.1 Å². The highest BCUT2D eigenvalue weighted by atomic mass is 19.4. The molecule has 10 heteroatoms. The molecular formula is C14H11F4N3O3. The molecule has 24 heavy (non-hydrogen) atoms. The number of alkyl halides is 3. The Balaban J connectivity index is 1.94. The van der Waals surface area contributed by atoms with E-state index in [1.54, 1.807) is 0 Å². The van der Waals surface area contributed by atoms with Crippen LogP contribution < -0.4 is 10.1 Å². The number of aromatic nitrogens is 1. The molecule has 0 saturated carbocycles. The highest BCUT2D eigenvalue weighted by Gasteiger charge is 2.34. The molecule has 1 aromatic carbocycles. The van der Waals surface area contributed by atoms with Crippen LogP contribution >= 0.6 is 0 Å². The topological polar surface area (TPSA) is 77.3 Å². The second kappa shape index (κ2) is 7.11. The van der Waals surface area contributed by atoms with Gasteiger partial charge in [0.25, 0.3) is 5.69 Å². The average Bonchev–Trinajstić information content (AvgIpc) is 2.52. The first-order valence-corrected chi connectivity index (χ1v) is 6.62. The van der Waals surface area contributed by atoms with Gasteiger partial charge in [0.2, 0.25) is 5.88 Å². The van der Waals surface area contributed by atoms with Crippen molar-refractivity contribution in [3.8, 4) is 5.88 Å². The Bertz CT molecular complexity index is 737. The second-order valence-electron chi connectivity index (χ2n) is 4.55. The van der Waals surface area contributed by atoms with E-state index in [9.17, 15) is 27.7 Å². The average molecular weight is 345 g/mol. The Kier molecular flexibility index (Phi) is 5.17. The van der Waals surface area contributed by atoms with Crippen molar-refractivity contribution in [3.05, 3.63) is 58.0 Å². The number of nitrogens with one attached hydrogen (secondary N) is 1. The van der Waals surface area contributed by atoms with Gasteiger partial charge < -0.3 is 10.1 Å². The summed E-state index contributed by atoms with van der Waals surface area (Å²) in [6, 6.07) is 4.98. The number of nitro benzene ring substituents is 1. The van der Waals surface area contributed by atoms with Gasteiger partial charge in [-0.15, -0.1) is 0 Å². The molecule has 128 valence electrons. The molecule has 0 saturated heterocycles. The molecule has 0 amide bonds. The van der Waals surface area contributed by atoms with E-state index in [0.717, 1.165) is 36.5 Å². The Labute approximate surface area is 133 Å². The quantitative estimate of drug-likeness (QED) is 0.374. The van der Waals surface area contributed by atoms with Crippen LogP contribution in [0, 0.1) is 15.9 Å². The molecule has 0 fully saturated rings. The molecule has 0 atom stereocenters. The number of ether oxygens (including phenoxy) is 1. The Morgan fingerprint density at radius 1 is 1.29 bits per heavy atom. The van der Waals surface area contributed by atoms with Crippen LogP contribution in [0.3, 0.4) is 0 Å². The maximum absolute atomic E-state index is 13.6. The lowest BCUT2D eigenvalue weighted by atomic mass is 10.2. The van der Waals surface area contributed by atoms with Crippen LogP contribution in [0.4, 0.5) is 28.9 Å². The second-order valence-corrected chi connectivity index (χ2v) is 4.55. The summed E-state index contributed by atoms with van der Waals surface area (Å²) in [4.78, 5) is 13.3. The van der Waals surface area contributed by atoms with Gasteiger partial charge in [-0.2, -0.15) is 13.2 Å². The fourth-order valence-corrected chi connectivity index (χ4v) is 1.82. The van der Waals surface area contributed by atoms with Gasteiger partial charge in [-0.25, -0.2) is 9.37 Å². The Hall–Kier alpha value is -2.91. The molecule has 0 unspecified atom stereocenters. The first-order chi connectivity index (χ1) is 11.3. The van der Waals surface area contributed by atoms with Crippen molar-refractivity contribution in [2.24, 2.45) is 0 Å². The summed E-state index contributed by atoms with van der Waals surface area (Å²) in [5.41, 5.74) is -1.44. The molecule has 0 bridgehead atoms. The molecule has 0 aliphatic carbocycles. The maximum Gasteiger partial charge on any atom is 0.421 e. The third kappa shape index (κ3) is 4.31. The molecular weight excluding hydrogens is 334 g/mol. The molecule has 1 aromatic heterocycles. The van der Waals surface area contributed by atoms with E-state index in [4.69, 9.17) is 4.74 Å².